The molecule has 0 radical (unpaired) electrons. The molecule has 324 valence electrons. The van der Waals surface area contributed by atoms with Crippen LogP contribution in [0.1, 0.15) is 0 Å². The topological polar surface area (TPSA) is 326 Å². The lowest BCUT2D eigenvalue weighted by atomic mass is 9.86. The van der Waals surface area contributed by atoms with Crippen LogP contribution in [0.2, 0.25) is 0 Å². The van der Waals surface area contributed by atoms with Gasteiger partial charge in [-0.2, -0.15) is 0 Å². The number of aliphatic hydroxyl groups is 12. The molecule has 4 heterocycles. The standard InChI is InChI=1S/C34H62O21/c1-47-7-15-19(3-35)53-24(32(44)27(15)39)12-50-9-17-21(5-37)55-26(34(46)29(17)41)14-51-10-18-22(6-38)54-25(33(45)30(18)42)13-49-8-16-20(4-36)52-23(11-48-2)31(43)28(16)40/h15-46H,3-14H2,1-2H3/t15-,16-,17-,18-,19?,20?,21?,22?,23?,24?,25?,26?,27-,28-,29-,30-,31-,32-,33-,34-/m1/s1. The van der Waals surface area contributed by atoms with Gasteiger partial charge in [-0.25, -0.2) is 0 Å². The van der Waals surface area contributed by atoms with Gasteiger partial charge in [-0.15, -0.1) is 0 Å². The van der Waals surface area contributed by atoms with Crippen LogP contribution in [0.15, 0.2) is 0 Å². The third-order valence-corrected chi connectivity index (χ3v) is 11.2. The van der Waals surface area contributed by atoms with Gasteiger partial charge in [0.1, 0.15) is 48.8 Å². The third kappa shape index (κ3) is 11.3. The minimum Gasteiger partial charge on any atom is -0.394 e. The molecule has 0 aromatic heterocycles. The second kappa shape index (κ2) is 22.5. The number of ether oxygens (including phenoxy) is 9. The van der Waals surface area contributed by atoms with E-state index in [-0.39, 0.29) is 52.9 Å². The second-order valence-corrected chi connectivity index (χ2v) is 14.7. The molecule has 4 fully saturated rings. The highest BCUT2D eigenvalue weighted by Gasteiger charge is 2.49. The van der Waals surface area contributed by atoms with Crippen LogP contribution in [-0.4, -0.2) is 252 Å². The van der Waals surface area contributed by atoms with Crippen molar-refractivity contribution in [3.05, 3.63) is 0 Å². The SMILES string of the molecule is COCC1OC(CO)[C@@H](COCC2OC(CO)[C@@H](COCC3OC(CO)[C@@H](COCC4OC(CO)[C@@H](COC)[C@@H](O)[C@@H]4O)[C@@H](O)[C@@H]3O)[C@@H](O)[C@@H]2O)[C@@H](O)[C@@H]1O. The Balaban J connectivity index is 1.24. The average molecular weight is 807 g/mol. The molecule has 0 spiro atoms. The molecule has 4 aliphatic heterocycles. The van der Waals surface area contributed by atoms with Gasteiger partial charge in [-0.1, -0.05) is 0 Å². The summed E-state index contributed by atoms with van der Waals surface area (Å²) in [4.78, 5) is 0. The molecule has 0 aliphatic carbocycles. The average Bonchev–Trinajstić information content (AvgIpc) is 3.18. The lowest BCUT2D eigenvalue weighted by Gasteiger charge is -2.44. The first-order valence-corrected chi connectivity index (χ1v) is 18.6. The Bertz CT molecular complexity index is 1070. The van der Waals surface area contributed by atoms with E-state index in [1.807, 2.05) is 0 Å². The van der Waals surface area contributed by atoms with E-state index in [9.17, 15) is 61.3 Å². The maximum atomic E-state index is 11.0. The first kappa shape index (κ1) is 46.8. The van der Waals surface area contributed by atoms with Crippen molar-refractivity contribution in [1.82, 2.24) is 0 Å². The van der Waals surface area contributed by atoms with E-state index in [4.69, 9.17) is 42.6 Å². The first-order valence-electron chi connectivity index (χ1n) is 18.6. The maximum Gasteiger partial charge on any atom is 0.110 e. The van der Waals surface area contributed by atoms with Crippen LogP contribution in [0.3, 0.4) is 0 Å². The summed E-state index contributed by atoms with van der Waals surface area (Å²) < 4.78 is 50.1. The molecule has 20 atom stereocenters. The van der Waals surface area contributed by atoms with E-state index in [1.54, 1.807) is 0 Å². The fourth-order valence-corrected chi connectivity index (χ4v) is 7.80. The number of rotatable bonds is 20. The summed E-state index contributed by atoms with van der Waals surface area (Å²) in [6.07, 6.45) is -19.1. The predicted molar refractivity (Wildman–Crippen MR) is 181 cm³/mol. The Hall–Kier alpha value is -0.840. The van der Waals surface area contributed by atoms with Crippen molar-refractivity contribution >= 4 is 0 Å². The normalized spacial score (nSPS) is 45.5. The molecule has 12 N–H and O–H groups in total. The zero-order chi connectivity index (χ0) is 40.4. The zero-order valence-electron chi connectivity index (χ0n) is 31.1. The molecule has 0 amide bonds. The van der Waals surface area contributed by atoms with E-state index in [0.29, 0.717) is 0 Å². The summed E-state index contributed by atoms with van der Waals surface area (Å²) in [6.45, 7) is -3.61. The quantitative estimate of drug-likeness (QED) is 0.0544. The molecule has 21 heteroatoms. The number of hydrogen-bond donors (Lipinski definition) is 12. The smallest absolute Gasteiger partial charge is 0.110 e. The van der Waals surface area contributed by atoms with E-state index in [0.717, 1.165) is 0 Å². The number of hydrogen-bond acceptors (Lipinski definition) is 21. The van der Waals surface area contributed by atoms with Gasteiger partial charge in [0.15, 0.2) is 0 Å². The van der Waals surface area contributed by atoms with Gasteiger partial charge < -0.3 is 104 Å². The summed E-state index contributed by atoms with van der Waals surface area (Å²) in [5.41, 5.74) is 0. The fraction of sp³-hybridized carbons (Fsp3) is 1.00. The third-order valence-electron chi connectivity index (χ3n) is 11.2. The molecule has 55 heavy (non-hydrogen) atoms. The minimum absolute atomic E-state index is 0.00640. The monoisotopic (exact) mass is 806 g/mol. The summed E-state index contributed by atoms with van der Waals surface area (Å²) in [5, 5.41) is 125. The van der Waals surface area contributed by atoms with Gasteiger partial charge in [0, 0.05) is 37.9 Å². The van der Waals surface area contributed by atoms with Gasteiger partial charge in [0.2, 0.25) is 0 Å². The summed E-state index contributed by atoms with van der Waals surface area (Å²) >= 11 is 0. The van der Waals surface area contributed by atoms with Crippen molar-refractivity contribution in [3.8, 4) is 0 Å². The van der Waals surface area contributed by atoms with Crippen molar-refractivity contribution < 1.29 is 104 Å². The zero-order valence-corrected chi connectivity index (χ0v) is 31.1. The molecule has 0 saturated carbocycles. The van der Waals surface area contributed by atoms with Crippen LogP contribution in [0.4, 0.5) is 0 Å². The van der Waals surface area contributed by atoms with Gasteiger partial charge in [-0.3, -0.25) is 0 Å². The van der Waals surface area contributed by atoms with Crippen LogP contribution < -0.4 is 0 Å². The number of aliphatic hydroxyl groups excluding tert-OH is 12. The Labute approximate surface area is 318 Å². The Morgan fingerprint density at radius 1 is 0.309 bits per heavy atom. The Kier molecular flexibility index (Phi) is 19.2. The van der Waals surface area contributed by atoms with Crippen LogP contribution in [-0.2, 0) is 42.6 Å². The molecule has 0 aromatic rings. The highest BCUT2D eigenvalue weighted by molar-refractivity contribution is 4.96. The molecule has 21 nitrogen and oxygen atoms in total. The highest BCUT2D eigenvalue weighted by Crippen LogP contribution is 2.32. The van der Waals surface area contributed by atoms with Gasteiger partial charge in [-0.05, 0) is 0 Å². The lowest BCUT2D eigenvalue weighted by Crippen LogP contribution is -2.60. The van der Waals surface area contributed by atoms with Crippen molar-refractivity contribution in [1.29, 1.82) is 0 Å². The van der Waals surface area contributed by atoms with E-state index in [1.165, 1.54) is 14.2 Å². The Morgan fingerprint density at radius 3 is 0.782 bits per heavy atom. The molecule has 0 aromatic carbocycles. The van der Waals surface area contributed by atoms with Crippen molar-refractivity contribution in [3.63, 3.8) is 0 Å². The molecule has 0 bridgehead atoms. The van der Waals surface area contributed by atoms with E-state index in [2.05, 4.69) is 0 Å². The molecule has 4 aliphatic rings. The van der Waals surface area contributed by atoms with Crippen LogP contribution in [0, 0.1) is 23.7 Å². The van der Waals surface area contributed by atoms with Crippen LogP contribution in [0.5, 0.6) is 0 Å². The predicted octanol–water partition coefficient (Wildman–Crippen LogP) is -7.28. The summed E-state index contributed by atoms with van der Waals surface area (Å²) in [5.74, 6) is -3.40. The summed E-state index contributed by atoms with van der Waals surface area (Å²) in [7, 11) is 2.82. The van der Waals surface area contributed by atoms with Crippen molar-refractivity contribution in [2.24, 2.45) is 23.7 Å². The molecular weight excluding hydrogens is 744 g/mol. The van der Waals surface area contributed by atoms with Crippen LogP contribution >= 0.6 is 0 Å². The van der Waals surface area contributed by atoms with Gasteiger partial charge in [0.05, 0.1) is 128 Å². The first-order chi connectivity index (χ1) is 26.4. The molecule has 8 unspecified atom stereocenters. The van der Waals surface area contributed by atoms with E-state index >= 15 is 0 Å². The minimum atomic E-state index is -1.51. The number of methoxy groups -OCH3 is 2. The fourth-order valence-electron chi connectivity index (χ4n) is 7.80. The van der Waals surface area contributed by atoms with Crippen molar-refractivity contribution in [2.45, 2.75) is 97.7 Å². The largest absolute Gasteiger partial charge is 0.394 e. The molecule has 4 rings (SSSR count). The summed E-state index contributed by atoms with van der Waals surface area (Å²) in [6, 6.07) is 0. The van der Waals surface area contributed by atoms with Gasteiger partial charge >= 0.3 is 0 Å². The van der Waals surface area contributed by atoms with Crippen LogP contribution in [0.25, 0.3) is 0 Å². The molecular formula is C34H62O21. The lowest BCUT2D eigenvalue weighted by molar-refractivity contribution is -0.251. The Morgan fingerprint density at radius 2 is 0.545 bits per heavy atom. The maximum absolute atomic E-state index is 11.0. The van der Waals surface area contributed by atoms with Gasteiger partial charge in [0.25, 0.3) is 0 Å². The van der Waals surface area contributed by atoms with E-state index < -0.39 is 148 Å². The van der Waals surface area contributed by atoms with Crippen molar-refractivity contribution in [2.75, 3.05) is 93.5 Å². The molecule has 4 saturated heterocycles. The highest BCUT2D eigenvalue weighted by atomic mass is 16.6. The second-order valence-electron chi connectivity index (χ2n) is 14.7.